The van der Waals surface area contributed by atoms with Crippen molar-refractivity contribution in [3.8, 4) is 0 Å². The third kappa shape index (κ3) is 2.21. The first kappa shape index (κ1) is 12.2. The van der Waals surface area contributed by atoms with E-state index in [-0.39, 0.29) is 11.2 Å². The van der Waals surface area contributed by atoms with E-state index in [0.29, 0.717) is 6.54 Å². The van der Waals surface area contributed by atoms with E-state index in [1.807, 2.05) is 23.9 Å². The second-order valence-electron chi connectivity index (χ2n) is 5.55. The second-order valence-corrected chi connectivity index (χ2v) is 5.55. The minimum atomic E-state index is -0.982. The number of pyridine rings is 1. The van der Waals surface area contributed by atoms with Crippen molar-refractivity contribution in [1.29, 1.82) is 0 Å². The van der Waals surface area contributed by atoms with Crippen molar-refractivity contribution in [2.75, 3.05) is 0 Å². The molecule has 100 valence electrons. The Morgan fingerprint density at radius 3 is 2.95 bits per heavy atom. The minimum absolute atomic E-state index is 0.108. The first-order valence-corrected chi connectivity index (χ1v) is 6.42. The molecule has 0 aromatic carbocycles. The maximum absolute atomic E-state index is 11.1. The molecule has 1 fully saturated rings. The molecule has 3 rings (SSSR count). The molecule has 5 heteroatoms. The monoisotopic (exact) mass is 259 g/mol. The number of aryl methyl sites for hydroxylation is 1. The summed E-state index contributed by atoms with van der Waals surface area (Å²) in [6.07, 6.45) is 4.27. The third-order valence-electron chi connectivity index (χ3n) is 3.83. The van der Waals surface area contributed by atoms with Crippen LogP contribution in [0.4, 0.5) is 0 Å². The molecule has 0 radical (unpaired) electrons. The van der Waals surface area contributed by atoms with Gasteiger partial charge in [0.25, 0.3) is 0 Å². The first-order chi connectivity index (χ1) is 8.98. The largest absolute Gasteiger partial charge is 0.477 e. The highest BCUT2D eigenvalue weighted by atomic mass is 16.4. The van der Waals surface area contributed by atoms with Crippen molar-refractivity contribution >= 4 is 17.0 Å². The molecular formula is C14H17N3O2. The highest BCUT2D eigenvalue weighted by Crippen LogP contribution is 2.35. The van der Waals surface area contributed by atoms with Crippen LogP contribution in [0.1, 0.15) is 35.8 Å². The number of hydrogen-bond donors (Lipinski definition) is 2. The van der Waals surface area contributed by atoms with Crippen molar-refractivity contribution in [3.63, 3.8) is 0 Å². The van der Waals surface area contributed by atoms with Gasteiger partial charge in [-0.25, -0.2) is 9.78 Å². The number of aromatic nitrogens is 2. The zero-order valence-electron chi connectivity index (χ0n) is 11.1. The molecule has 0 spiro atoms. The quantitative estimate of drug-likeness (QED) is 0.880. The average molecular weight is 259 g/mol. The first-order valence-electron chi connectivity index (χ1n) is 6.42. The Labute approximate surface area is 111 Å². The normalized spacial score (nSPS) is 16.7. The number of carboxylic acid groups (broad SMARTS) is 1. The molecule has 2 aromatic heterocycles. The van der Waals surface area contributed by atoms with Crippen LogP contribution in [0, 0.1) is 0 Å². The van der Waals surface area contributed by atoms with Crippen molar-refractivity contribution in [2.45, 2.75) is 31.8 Å². The summed E-state index contributed by atoms with van der Waals surface area (Å²) in [4.78, 5) is 15.3. The van der Waals surface area contributed by atoms with Gasteiger partial charge in [-0.15, -0.1) is 0 Å². The minimum Gasteiger partial charge on any atom is -0.477 e. The molecule has 2 aromatic rings. The van der Waals surface area contributed by atoms with Gasteiger partial charge in [-0.2, -0.15) is 0 Å². The molecule has 2 N–H and O–H groups in total. The van der Waals surface area contributed by atoms with E-state index in [2.05, 4.69) is 17.2 Å². The van der Waals surface area contributed by atoms with Crippen molar-refractivity contribution in [2.24, 2.45) is 7.05 Å². The Morgan fingerprint density at radius 2 is 2.32 bits per heavy atom. The van der Waals surface area contributed by atoms with Crippen molar-refractivity contribution in [1.82, 2.24) is 14.9 Å². The van der Waals surface area contributed by atoms with Gasteiger partial charge in [0.2, 0.25) is 0 Å². The highest BCUT2D eigenvalue weighted by molar-refractivity contribution is 5.90. The van der Waals surface area contributed by atoms with Crippen LogP contribution in [0.25, 0.3) is 11.0 Å². The molecule has 0 atom stereocenters. The summed E-state index contributed by atoms with van der Waals surface area (Å²) in [7, 11) is 1.95. The maximum atomic E-state index is 11.1. The zero-order valence-corrected chi connectivity index (χ0v) is 11.1. The zero-order chi connectivity index (χ0) is 13.6. The molecule has 1 saturated carbocycles. The lowest BCUT2D eigenvalue weighted by atomic mass is 10.1. The lowest BCUT2D eigenvalue weighted by Crippen LogP contribution is -2.27. The highest BCUT2D eigenvalue weighted by Gasteiger charge is 2.36. The molecule has 1 aliphatic rings. The Balaban J connectivity index is 2.03. The fourth-order valence-corrected chi connectivity index (χ4v) is 2.31. The van der Waals surface area contributed by atoms with E-state index in [1.54, 1.807) is 6.07 Å². The summed E-state index contributed by atoms with van der Waals surface area (Å²) in [5, 5.41) is 12.6. The smallest absolute Gasteiger partial charge is 0.354 e. The van der Waals surface area contributed by atoms with E-state index >= 15 is 0 Å². The van der Waals surface area contributed by atoms with Crippen molar-refractivity contribution < 1.29 is 9.90 Å². The SMILES string of the molecule is Cn1ccc2nc(C(=O)O)cc(CNC3(C)CC3)c21. The van der Waals surface area contributed by atoms with Gasteiger partial charge in [0.05, 0.1) is 11.0 Å². The average Bonchev–Trinajstić information content (AvgIpc) is 2.99. The predicted octanol–water partition coefficient (Wildman–Crippen LogP) is 1.91. The fraction of sp³-hybridized carbons (Fsp3) is 0.429. The van der Waals surface area contributed by atoms with Gasteiger partial charge in [0.15, 0.2) is 0 Å². The Morgan fingerprint density at radius 1 is 1.58 bits per heavy atom. The standard InChI is InChI=1S/C14H17N3O2/c1-14(4-5-14)15-8-9-7-11(13(18)19)16-10-3-6-17(2)12(9)10/h3,6-7,15H,4-5,8H2,1-2H3,(H,18,19). The number of rotatable bonds is 4. The van der Waals surface area contributed by atoms with E-state index in [0.717, 1.165) is 16.6 Å². The van der Waals surface area contributed by atoms with Crippen LogP contribution in [-0.2, 0) is 13.6 Å². The fourth-order valence-electron chi connectivity index (χ4n) is 2.31. The third-order valence-corrected chi connectivity index (χ3v) is 3.83. The lowest BCUT2D eigenvalue weighted by Gasteiger charge is -2.13. The summed E-state index contributed by atoms with van der Waals surface area (Å²) in [5.41, 5.74) is 3.06. The summed E-state index contributed by atoms with van der Waals surface area (Å²) >= 11 is 0. The molecular weight excluding hydrogens is 242 g/mol. The van der Waals surface area contributed by atoms with Gasteiger partial charge < -0.3 is 15.0 Å². The number of nitrogens with zero attached hydrogens (tertiary/aromatic N) is 2. The van der Waals surface area contributed by atoms with Crippen LogP contribution in [-0.4, -0.2) is 26.2 Å². The molecule has 19 heavy (non-hydrogen) atoms. The molecule has 0 amide bonds. The molecule has 0 saturated heterocycles. The number of nitrogens with one attached hydrogen (secondary N) is 1. The van der Waals surface area contributed by atoms with Crippen LogP contribution in [0.15, 0.2) is 18.3 Å². The Kier molecular flexibility index (Phi) is 2.60. The van der Waals surface area contributed by atoms with Crippen LogP contribution in [0.2, 0.25) is 0 Å². The number of hydrogen-bond acceptors (Lipinski definition) is 3. The van der Waals surface area contributed by atoms with Gasteiger partial charge in [-0.05, 0) is 37.5 Å². The van der Waals surface area contributed by atoms with Crippen molar-refractivity contribution in [3.05, 3.63) is 29.6 Å². The number of carbonyl (C=O) groups is 1. The summed E-state index contributed by atoms with van der Waals surface area (Å²) in [6.45, 7) is 2.86. The predicted molar refractivity (Wildman–Crippen MR) is 72.2 cm³/mol. The molecule has 1 aliphatic carbocycles. The van der Waals surface area contributed by atoms with Gasteiger partial charge in [0.1, 0.15) is 5.69 Å². The second kappa shape index (κ2) is 4.06. The molecule has 0 aliphatic heterocycles. The van der Waals surface area contributed by atoms with E-state index in [1.165, 1.54) is 12.8 Å². The van der Waals surface area contributed by atoms with Crippen LogP contribution >= 0.6 is 0 Å². The lowest BCUT2D eigenvalue weighted by molar-refractivity contribution is 0.0691. The van der Waals surface area contributed by atoms with Gasteiger partial charge >= 0.3 is 5.97 Å². The topological polar surface area (TPSA) is 67.2 Å². The van der Waals surface area contributed by atoms with Gasteiger partial charge in [-0.1, -0.05) is 0 Å². The van der Waals surface area contributed by atoms with E-state index in [9.17, 15) is 4.79 Å². The van der Waals surface area contributed by atoms with Gasteiger partial charge in [0, 0.05) is 25.3 Å². The van der Waals surface area contributed by atoms with E-state index in [4.69, 9.17) is 5.11 Å². The van der Waals surface area contributed by atoms with E-state index < -0.39 is 5.97 Å². The summed E-state index contributed by atoms with van der Waals surface area (Å²) < 4.78 is 1.99. The molecule has 5 nitrogen and oxygen atoms in total. The Bertz CT molecular complexity index is 656. The molecule has 2 heterocycles. The maximum Gasteiger partial charge on any atom is 0.354 e. The molecule has 0 unspecified atom stereocenters. The number of fused-ring (bicyclic) bond motifs is 1. The van der Waals surface area contributed by atoms with Crippen LogP contribution < -0.4 is 5.32 Å². The molecule has 0 bridgehead atoms. The number of aromatic carboxylic acids is 1. The summed E-state index contributed by atoms with van der Waals surface area (Å²) in [5.74, 6) is -0.982. The summed E-state index contributed by atoms with van der Waals surface area (Å²) in [6, 6.07) is 3.52. The number of carboxylic acids is 1. The van der Waals surface area contributed by atoms with Gasteiger partial charge in [-0.3, -0.25) is 0 Å². The van der Waals surface area contributed by atoms with Crippen LogP contribution in [0.3, 0.4) is 0 Å². The van der Waals surface area contributed by atoms with Crippen LogP contribution in [0.5, 0.6) is 0 Å². The Hall–Kier alpha value is -1.88.